The molecule has 1 heterocycles. The van der Waals surface area contributed by atoms with E-state index in [-0.39, 0.29) is 20.8 Å². The normalized spacial score (nSPS) is 11.4. The highest BCUT2D eigenvalue weighted by Gasteiger charge is 2.20. The van der Waals surface area contributed by atoms with Crippen LogP contribution in [-0.2, 0) is 10.0 Å². The molecule has 94 valence electrons. The molecule has 0 aliphatic heterocycles. The van der Waals surface area contributed by atoms with Crippen molar-refractivity contribution in [2.45, 2.75) is 4.90 Å². The number of hydrogen-bond acceptors (Lipinski definition) is 4. The van der Waals surface area contributed by atoms with Gasteiger partial charge in [0.25, 0.3) is 10.0 Å². The molecule has 0 radical (unpaired) electrons. The van der Waals surface area contributed by atoms with Gasteiger partial charge in [-0.3, -0.25) is 4.79 Å². The number of halogens is 1. The maximum Gasteiger partial charge on any atom is 0.268 e. The molecule has 0 atom stereocenters. The van der Waals surface area contributed by atoms with Crippen LogP contribution in [0.3, 0.4) is 0 Å². The number of hydrogen-bond donors (Lipinski definition) is 1. The molecule has 0 amide bonds. The van der Waals surface area contributed by atoms with E-state index in [1.165, 1.54) is 30.5 Å². The van der Waals surface area contributed by atoms with Crippen molar-refractivity contribution >= 4 is 32.2 Å². The molecule has 1 aromatic carbocycles. The standard InChI is InChI=1S/C11H8BrNO4S/c12-11-4-8(7-14)6-13(11)18(16,17)10-3-1-2-9(15)5-10/h1-7,15H. The Balaban J connectivity index is 2.61. The van der Waals surface area contributed by atoms with E-state index in [1.807, 2.05) is 0 Å². The van der Waals surface area contributed by atoms with Gasteiger partial charge in [0.2, 0.25) is 0 Å². The number of nitrogens with zero attached hydrogens (tertiary/aromatic N) is 1. The lowest BCUT2D eigenvalue weighted by molar-refractivity contribution is 0.112. The molecule has 5 nitrogen and oxygen atoms in total. The minimum absolute atomic E-state index is 0.0590. The summed E-state index contributed by atoms with van der Waals surface area (Å²) in [6.45, 7) is 0. The summed E-state index contributed by atoms with van der Waals surface area (Å²) in [6.07, 6.45) is 1.76. The van der Waals surface area contributed by atoms with Gasteiger partial charge in [-0.05, 0) is 34.1 Å². The molecule has 1 aromatic heterocycles. The predicted octanol–water partition coefficient (Wildman–Crippen LogP) is 2.01. The van der Waals surface area contributed by atoms with Gasteiger partial charge in [-0.2, -0.15) is 0 Å². The van der Waals surface area contributed by atoms with Gasteiger partial charge in [0.15, 0.2) is 6.29 Å². The molecule has 0 fully saturated rings. The zero-order valence-corrected chi connectivity index (χ0v) is 11.3. The molecule has 0 aliphatic carbocycles. The zero-order valence-electron chi connectivity index (χ0n) is 8.95. The fraction of sp³-hybridized carbons (Fsp3) is 0. The van der Waals surface area contributed by atoms with Crippen molar-refractivity contribution < 1.29 is 18.3 Å². The molecule has 0 saturated heterocycles. The Morgan fingerprint density at radius 3 is 2.56 bits per heavy atom. The molecule has 1 N–H and O–H groups in total. The van der Waals surface area contributed by atoms with Crippen molar-refractivity contribution in [1.29, 1.82) is 0 Å². The van der Waals surface area contributed by atoms with E-state index in [1.54, 1.807) is 0 Å². The van der Waals surface area contributed by atoms with Crippen LogP contribution in [0.2, 0.25) is 0 Å². The molecule has 2 aromatic rings. The maximum absolute atomic E-state index is 12.2. The van der Waals surface area contributed by atoms with Crippen molar-refractivity contribution in [1.82, 2.24) is 3.97 Å². The molecule has 0 saturated carbocycles. The van der Waals surface area contributed by atoms with E-state index in [0.29, 0.717) is 6.29 Å². The first kappa shape index (κ1) is 12.8. The van der Waals surface area contributed by atoms with E-state index in [2.05, 4.69) is 15.9 Å². The number of benzene rings is 1. The van der Waals surface area contributed by atoms with Crippen LogP contribution >= 0.6 is 15.9 Å². The number of carbonyl (C=O) groups excluding carboxylic acids is 1. The average molecular weight is 330 g/mol. The summed E-state index contributed by atoms with van der Waals surface area (Å²) in [5, 5.41) is 9.30. The van der Waals surface area contributed by atoms with Gasteiger partial charge in [-0.1, -0.05) is 6.07 Å². The number of rotatable bonds is 3. The molecule has 18 heavy (non-hydrogen) atoms. The van der Waals surface area contributed by atoms with E-state index in [0.717, 1.165) is 10.0 Å². The SMILES string of the molecule is O=Cc1cc(Br)n(S(=O)(=O)c2cccc(O)c2)c1. The first-order valence-corrected chi connectivity index (χ1v) is 7.06. The first-order valence-electron chi connectivity index (χ1n) is 4.83. The summed E-state index contributed by atoms with van der Waals surface area (Å²) in [7, 11) is -3.83. The quantitative estimate of drug-likeness (QED) is 0.874. The lowest BCUT2D eigenvalue weighted by Gasteiger charge is -2.07. The van der Waals surface area contributed by atoms with Gasteiger partial charge >= 0.3 is 0 Å². The van der Waals surface area contributed by atoms with Crippen LogP contribution in [0, 0.1) is 0 Å². The van der Waals surface area contributed by atoms with Gasteiger partial charge in [0.05, 0.1) is 4.90 Å². The highest BCUT2D eigenvalue weighted by molar-refractivity contribution is 9.10. The topological polar surface area (TPSA) is 76.4 Å². The van der Waals surface area contributed by atoms with Crippen LogP contribution in [-0.4, -0.2) is 23.8 Å². The third-order valence-electron chi connectivity index (χ3n) is 2.27. The molecular formula is C11H8BrNO4S. The van der Waals surface area contributed by atoms with Crippen molar-refractivity contribution in [3.8, 4) is 5.75 Å². The number of phenols is 1. The van der Waals surface area contributed by atoms with Crippen LogP contribution in [0.1, 0.15) is 10.4 Å². The monoisotopic (exact) mass is 329 g/mol. The molecule has 0 unspecified atom stereocenters. The van der Waals surface area contributed by atoms with Crippen LogP contribution in [0.15, 0.2) is 46.0 Å². The summed E-state index contributed by atoms with van der Waals surface area (Å²) in [4.78, 5) is 10.6. The Morgan fingerprint density at radius 2 is 2.00 bits per heavy atom. The third kappa shape index (κ3) is 2.19. The molecule has 0 spiro atoms. The fourth-order valence-corrected chi connectivity index (χ4v) is 3.67. The van der Waals surface area contributed by atoms with E-state index >= 15 is 0 Å². The number of aromatic hydroxyl groups is 1. The Kier molecular flexibility index (Phi) is 3.27. The van der Waals surface area contributed by atoms with Gasteiger partial charge < -0.3 is 5.11 Å². The molecular weight excluding hydrogens is 322 g/mol. The Bertz CT molecular complexity index is 706. The highest BCUT2D eigenvalue weighted by Crippen LogP contribution is 2.23. The van der Waals surface area contributed by atoms with Crippen molar-refractivity contribution in [2.24, 2.45) is 0 Å². The highest BCUT2D eigenvalue weighted by atomic mass is 79.9. The average Bonchev–Trinajstić information content (AvgIpc) is 2.71. The second-order valence-electron chi connectivity index (χ2n) is 3.51. The lowest BCUT2D eigenvalue weighted by Crippen LogP contribution is -2.12. The third-order valence-corrected chi connectivity index (χ3v) is 4.79. The largest absolute Gasteiger partial charge is 0.508 e. The fourth-order valence-electron chi connectivity index (χ4n) is 1.44. The summed E-state index contributed by atoms with van der Waals surface area (Å²) in [6, 6.07) is 6.71. The lowest BCUT2D eigenvalue weighted by atomic mass is 10.3. The first-order chi connectivity index (χ1) is 8.45. The minimum atomic E-state index is -3.83. The number of aldehydes is 1. The van der Waals surface area contributed by atoms with Crippen molar-refractivity contribution in [2.75, 3.05) is 0 Å². The zero-order chi connectivity index (χ0) is 13.3. The van der Waals surface area contributed by atoms with Gasteiger partial charge in [-0.25, -0.2) is 12.4 Å². The smallest absolute Gasteiger partial charge is 0.268 e. The summed E-state index contributed by atoms with van der Waals surface area (Å²) in [5.74, 6) is -0.144. The van der Waals surface area contributed by atoms with Crippen molar-refractivity contribution in [3.63, 3.8) is 0 Å². The molecule has 2 rings (SSSR count). The van der Waals surface area contributed by atoms with Crippen LogP contribution in [0.4, 0.5) is 0 Å². The Morgan fingerprint density at radius 1 is 1.28 bits per heavy atom. The van der Waals surface area contributed by atoms with Gasteiger partial charge in [-0.15, -0.1) is 0 Å². The Hall–Kier alpha value is -1.60. The minimum Gasteiger partial charge on any atom is -0.508 e. The van der Waals surface area contributed by atoms with Crippen LogP contribution in [0.5, 0.6) is 5.75 Å². The molecule has 0 aliphatic rings. The van der Waals surface area contributed by atoms with E-state index in [9.17, 15) is 18.3 Å². The van der Waals surface area contributed by atoms with E-state index in [4.69, 9.17) is 0 Å². The number of aromatic nitrogens is 1. The maximum atomic E-state index is 12.2. The van der Waals surface area contributed by atoms with Gasteiger partial charge in [0, 0.05) is 17.8 Å². The van der Waals surface area contributed by atoms with Crippen molar-refractivity contribution in [3.05, 3.63) is 46.7 Å². The second-order valence-corrected chi connectivity index (χ2v) is 6.14. The summed E-state index contributed by atoms with van der Waals surface area (Å²) in [5.41, 5.74) is 0.241. The molecule has 7 heteroatoms. The summed E-state index contributed by atoms with van der Waals surface area (Å²) < 4.78 is 25.7. The van der Waals surface area contributed by atoms with Gasteiger partial charge in [0.1, 0.15) is 10.4 Å². The summed E-state index contributed by atoms with van der Waals surface area (Å²) >= 11 is 3.07. The van der Waals surface area contributed by atoms with E-state index < -0.39 is 10.0 Å². The number of phenolic OH excluding ortho intramolecular Hbond substituents is 1. The van der Waals surface area contributed by atoms with Crippen LogP contribution < -0.4 is 0 Å². The molecule has 0 bridgehead atoms. The Labute approximate surface area is 112 Å². The second kappa shape index (κ2) is 4.58. The van der Waals surface area contributed by atoms with Crippen LogP contribution in [0.25, 0.3) is 0 Å². The number of carbonyl (C=O) groups is 1. The predicted molar refractivity (Wildman–Crippen MR) is 68.2 cm³/mol.